The molecule has 4 rings (SSSR count). The summed E-state index contributed by atoms with van der Waals surface area (Å²) in [6.45, 7) is 15.3. The molecule has 3 aromatic carbocycles. The van der Waals surface area contributed by atoms with Crippen LogP contribution in [0.4, 0.5) is 11.4 Å². The number of hydrogen-bond acceptors (Lipinski definition) is 6. The van der Waals surface area contributed by atoms with Crippen LogP contribution in [0.25, 0.3) is 17.2 Å². The highest BCUT2D eigenvalue weighted by Crippen LogP contribution is 2.30. The van der Waals surface area contributed by atoms with E-state index in [4.69, 9.17) is 9.47 Å². The summed E-state index contributed by atoms with van der Waals surface area (Å²) in [7, 11) is -1.22. The highest BCUT2D eigenvalue weighted by atomic mass is 32.2. The van der Waals surface area contributed by atoms with Gasteiger partial charge in [0.1, 0.15) is 12.4 Å². The first-order valence-corrected chi connectivity index (χ1v) is 18.8. The van der Waals surface area contributed by atoms with E-state index in [1.807, 2.05) is 22.8 Å². The minimum Gasteiger partial charge on any atom is -0.491 e. The van der Waals surface area contributed by atoms with E-state index < -0.39 is 10.8 Å². The lowest BCUT2D eigenvalue weighted by molar-refractivity contribution is -0.111. The van der Waals surface area contributed by atoms with E-state index in [2.05, 4.69) is 80.2 Å². The molecule has 0 saturated carbocycles. The van der Waals surface area contributed by atoms with E-state index in [-0.39, 0.29) is 5.91 Å². The Morgan fingerprint density at radius 3 is 2.41 bits per heavy atom. The Morgan fingerprint density at radius 2 is 1.71 bits per heavy atom. The van der Waals surface area contributed by atoms with Crippen molar-refractivity contribution in [3.05, 3.63) is 96.6 Å². The molecule has 1 N–H and O–H groups in total. The standard InChI is InChI=1S/C40H52N4O4S/c1-6-9-23-47-24-25-48-37-16-10-32(11-17-37)33-12-20-39(43(8-3)28-31(4)5)34(26-33)13-21-40(45)42-35-14-18-38(19-15-35)49(46)29-36-27-41-30-44(36)22-7-2/h10-21,26-27,30-31H,6-9,22-25,28-29H2,1-5H3,(H,42,45)/b21-13+. The molecule has 0 bridgehead atoms. The third-order valence-corrected chi connectivity index (χ3v) is 9.36. The summed E-state index contributed by atoms with van der Waals surface area (Å²) < 4.78 is 26.5. The van der Waals surface area contributed by atoms with Crippen LogP contribution in [-0.2, 0) is 32.6 Å². The van der Waals surface area contributed by atoms with Crippen molar-refractivity contribution < 1.29 is 18.5 Å². The van der Waals surface area contributed by atoms with Crippen LogP contribution in [0.15, 0.2) is 90.2 Å². The van der Waals surface area contributed by atoms with Crippen molar-refractivity contribution in [2.75, 3.05) is 43.1 Å². The van der Waals surface area contributed by atoms with Gasteiger partial charge in [-0.05, 0) is 97.0 Å². The number of rotatable bonds is 20. The van der Waals surface area contributed by atoms with Crippen LogP contribution in [0, 0.1) is 5.92 Å². The van der Waals surface area contributed by atoms with Gasteiger partial charge in [0, 0.05) is 54.8 Å². The molecule has 1 aromatic heterocycles. The first kappa shape index (κ1) is 37.6. The van der Waals surface area contributed by atoms with Gasteiger partial charge in [0.05, 0.1) is 35.2 Å². The number of carbonyl (C=O) groups is 1. The molecule has 0 fully saturated rings. The summed E-state index contributed by atoms with van der Waals surface area (Å²) in [5.41, 5.74) is 5.76. The normalized spacial score (nSPS) is 12.0. The van der Waals surface area contributed by atoms with Crippen molar-refractivity contribution in [2.24, 2.45) is 5.92 Å². The third kappa shape index (κ3) is 11.7. The lowest BCUT2D eigenvalue weighted by Gasteiger charge is -2.27. The fourth-order valence-corrected chi connectivity index (χ4v) is 6.59. The van der Waals surface area contributed by atoms with E-state index in [0.29, 0.717) is 35.5 Å². The SMILES string of the molecule is CCCCOCCOc1ccc(-c2ccc(N(CC)CC(C)C)c(/C=C/C(=O)Nc3ccc(S(=O)Cc4cncn4CCC)cc3)c2)cc1. The zero-order valence-electron chi connectivity index (χ0n) is 29.7. The average molecular weight is 685 g/mol. The molecule has 0 aliphatic heterocycles. The van der Waals surface area contributed by atoms with E-state index >= 15 is 0 Å². The summed E-state index contributed by atoms with van der Waals surface area (Å²) in [5, 5.41) is 2.95. The molecule has 262 valence electrons. The largest absolute Gasteiger partial charge is 0.491 e. The molecule has 0 spiro atoms. The number of imidazole rings is 1. The van der Waals surface area contributed by atoms with Gasteiger partial charge in [-0.3, -0.25) is 9.00 Å². The Kier molecular flexibility index (Phi) is 15.1. The molecule has 9 heteroatoms. The number of aromatic nitrogens is 2. The van der Waals surface area contributed by atoms with Gasteiger partial charge in [-0.2, -0.15) is 0 Å². The fourth-order valence-electron chi connectivity index (χ4n) is 5.47. The number of unbranched alkanes of at least 4 members (excludes halogenated alkanes) is 1. The number of aryl methyl sites for hydroxylation is 1. The van der Waals surface area contributed by atoms with Crippen molar-refractivity contribution >= 4 is 34.2 Å². The first-order chi connectivity index (χ1) is 23.8. The second-order valence-corrected chi connectivity index (χ2v) is 13.9. The Morgan fingerprint density at radius 1 is 0.959 bits per heavy atom. The van der Waals surface area contributed by atoms with Crippen LogP contribution in [0.3, 0.4) is 0 Å². The highest BCUT2D eigenvalue weighted by Gasteiger charge is 2.13. The molecule has 49 heavy (non-hydrogen) atoms. The van der Waals surface area contributed by atoms with E-state index in [1.165, 1.54) is 0 Å². The Bertz CT molecular complexity index is 1650. The smallest absolute Gasteiger partial charge is 0.248 e. The van der Waals surface area contributed by atoms with Gasteiger partial charge in [-0.25, -0.2) is 4.98 Å². The predicted molar refractivity (Wildman–Crippen MR) is 203 cm³/mol. The zero-order valence-corrected chi connectivity index (χ0v) is 30.5. The summed E-state index contributed by atoms with van der Waals surface area (Å²) in [5.74, 6) is 1.46. The Balaban J connectivity index is 1.44. The molecular formula is C40H52N4O4S. The molecule has 0 aliphatic carbocycles. The van der Waals surface area contributed by atoms with Crippen LogP contribution in [-0.4, -0.2) is 52.6 Å². The van der Waals surface area contributed by atoms with Crippen LogP contribution in [0.1, 0.15) is 65.1 Å². The lowest BCUT2D eigenvalue weighted by atomic mass is 10.00. The Hall–Kier alpha value is -4.21. The van der Waals surface area contributed by atoms with Crippen molar-refractivity contribution in [1.29, 1.82) is 0 Å². The van der Waals surface area contributed by atoms with Gasteiger partial charge in [0.15, 0.2) is 0 Å². The fraction of sp³-hybridized carbons (Fsp3) is 0.400. The van der Waals surface area contributed by atoms with Crippen LogP contribution >= 0.6 is 0 Å². The zero-order chi connectivity index (χ0) is 35.0. The van der Waals surface area contributed by atoms with Crippen molar-refractivity contribution in [2.45, 2.75) is 71.1 Å². The van der Waals surface area contributed by atoms with Crippen LogP contribution in [0.2, 0.25) is 0 Å². The van der Waals surface area contributed by atoms with Crippen molar-refractivity contribution in [1.82, 2.24) is 9.55 Å². The molecule has 1 amide bonds. The number of hydrogen-bond donors (Lipinski definition) is 1. The number of benzene rings is 3. The maximum atomic E-state index is 13.1. The summed E-state index contributed by atoms with van der Waals surface area (Å²) in [4.78, 5) is 20.4. The number of nitrogens with one attached hydrogen (secondary N) is 1. The van der Waals surface area contributed by atoms with Crippen molar-refractivity contribution in [3.63, 3.8) is 0 Å². The number of amides is 1. The molecule has 1 heterocycles. The highest BCUT2D eigenvalue weighted by molar-refractivity contribution is 7.84. The van der Waals surface area contributed by atoms with Gasteiger partial charge in [-0.1, -0.05) is 52.3 Å². The second kappa shape index (κ2) is 19.7. The predicted octanol–water partition coefficient (Wildman–Crippen LogP) is 8.60. The molecular weight excluding hydrogens is 633 g/mol. The molecule has 0 saturated heterocycles. The maximum Gasteiger partial charge on any atom is 0.248 e. The van der Waals surface area contributed by atoms with Crippen molar-refractivity contribution in [3.8, 4) is 16.9 Å². The quantitative estimate of drug-likeness (QED) is 0.0742. The molecule has 1 atom stereocenters. The lowest BCUT2D eigenvalue weighted by Crippen LogP contribution is -2.27. The number of ether oxygens (including phenoxy) is 2. The van der Waals surface area contributed by atoms with Gasteiger partial charge in [0.2, 0.25) is 5.91 Å². The molecule has 8 nitrogen and oxygen atoms in total. The van der Waals surface area contributed by atoms with E-state index in [1.54, 1.807) is 42.9 Å². The van der Waals surface area contributed by atoms with E-state index in [0.717, 1.165) is 79.3 Å². The van der Waals surface area contributed by atoms with Gasteiger partial charge >= 0.3 is 0 Å². The summed E-state index contributed by atoms with van der Waals surface area (Å²) >= 11 is 0. The monoisotopic (exact) mass is 684 g/mol. The van der Waals surface area contributed by atoms with Crippen LogP contribution in [0.5, 0.6) is 5.75 Å². The number of carbonyl (C=O) groups excluding carboxylic acids is 1. The molecule has 0 radical (unpaired) electrons. The molecule has 1 unspecified atom stereocenters. The molecule has 0 aliphatic rings. The molecule has 4 aromatic rings. The van der Waals surface area contributed by atoms with Crippen LogP contribution < -0.4 is 15.0 Å². The topological polar surface area (TPSA) is 85.7 Å². The number of anilines is 2. The Labute approximate surface area is 295 Å². The second-order valence-electron chi connectivity index (χ2n) is 12.5. The third-order valence-electron chi connectivity index (χ3n) is 8.00. The van der Waals surface area contributed by atoms with Gasteiger partial charge in [-0.15, -0.1) is 0 Å². The minimum absolute atomic E-state index is 0.235. The van der Waals surface area contributed by atoms with E-state index in [9.17, 15) is 9.00 Å². The van der Waals surface area contributed by atoms with Gasteiger partial charge < -0.3 is 24.3 Å². The first-order valence-electron chi connectivity index (χ1n) is 17.5. The summed E-state index contributed by atoms with van der Waals surface area (Å²) in [6.07, 6.45) is 10.2. The van der Waals surface area contributed by atoms with Gasteiger partial charge in [0.25, 0.3) is 0 Å². The minimum atomic E-state index is -1.22. The summed E-state index contributed by atoms with van der Waals surface area (Å²) in [6, 6.07) is 21.7. The number of nitrogens with zero attached hydrogens (tertiary/aromatic N) is 3. The average Bonchev–Trinajstić information content (AvgIpc) is 3.54. The maximum absolute atomic E-state index is 13.1.